The summed E-state index contributed by atoms with van der Waals surface area (Å²) in [6.07, 6.45) is 23.8. The first-order valence-electron chi connectivity index (χ1n) is 9.24. The van der Waals surface area contributed by atoms with Gasteiger partial charge in [0.1, 0.15) is 0 Å². The van der Waals surface area contributed by atoms with Gasteiger partial charge in [-0.15, -0.1) is 0 Å². The monoisotopic (exact) mass is 410 g/mol. The van der Waals surface area contributed by atoms with E-state index in [1.54, 1.807) is 6.08 Å². The van der Waals surface area contributed by atoms with Crippen molar-refractivity contribution in [3.8, 4) is 0 Å². The fourth-order valence-electron chi connectivity index (χ4n) is 2.59. The van der Waals surface area contributed by atoms with E-state index in [-0.39, 0.29) is 32.0 Å². The summed E-state index contributed by atoms with van der Waals surface area (Å²) in [5.74, 6) is -0.452. The first-order valence-corrected chi connectivity index (χ1v) is 9.24. The molecule has 1 N–H and O–H groups in total. The van der Waals surface area contributed by atoms with Gasteiger partial charge in [-0.25, -0.2) is 4.79 Å². The predicted molar refractivity (Wildman–Crippen MR) is 95.1 cm³/mol. The van der Waals surface area contributed by atoms with Crippen LogP contribution >= 0.6 is 0 Å². The maximum Gasteiger partial charge on any atom is 0.375 e. The number of hydrogen-bond donors (Lipinski definition) is 1. The van der Waals surface area contributed by atoms with Crippen molar-refractivity contribution in [3.63, 3.8) is 0 Å². The van der Waals surface area contributed by atoms with E-state index >= 15 is 0 Å². The van der Waals surface area contributed by atoms with Crippen molar-refractivity contribution in [2.24, 2.45) is 0 Å². The zero-order chi connectivity index (χ0) is 16.8. The van der Waals surface area contributed by atoms with Crippen LogP contribution in [0.25, 0.3) is 0 Å². The molecular weight excluding hydrogens is 379 g/mol. The number of allylic oxidation sites excluding steroid dienone is 4. The summed E-state index contributed by atoms with van der Waals surface area (Å²) in [6.45, 7) is 2.26. The van der Waals surface area contributed by atoms with Crippen LogP contribution in [-0.4, -0.2) is 11.1 Å². The van der Waals surface area contributed by atoms with Crippen LogP contribution < -0.4 is 0 Å². The van der Waals surface area contributed by atoms with Gasteiger partial charge in [0.05, 0.1) is 0 Å². The van der Waals surface area contributed by atoms with E-state index in [0.717, 1.165) is 6.42 Å². The molecular formula is C20H32O3Zr. The van der Waals surface area contributed by atoms with Crippen molar-refractivity contribution in [1.82, 2.24) is 0 Å². The second-order valence-electron chi connectivity index (χ2n) is 6.21. The van der Waals surface area contributed by atoms with Gasteiger partial charge < -0.3 is 9.84 Å². The number of unbranched alkanes of at least 4 members (excludes halogenated alkanes) is 11. The molecule has 0 aliphatic carbocycles. The number of ether oxygens (including phenoxy) is 1. The summed E-state index contributed by atoms with van der Waals surface area (Å²) in [7, 11) is 0. The topological polar surface area (TPSA) is 49.8 Å². The smallest absolute Gasteiger partial charge is 0.375 e. The number of carboxylic acid groups (broad SMARTS) is 1. The molecule has 1 aliphatic rings. The van der Waals surface area contributed by atoms with E-state index < -0.39 is 5.97 Å². The normalized spacial score (nSPS) is 13.4. The molecule has 0 aromatic carbocycles. The number of hydrogen-bond acceptors (Lipinski definition) is 2. The van der Waals surface area contributed by atoms with E-state index in [4.69, 9.17) is 9.84 Å². The van der Waals surface area contributed by atoms with Crippen LogP contribution in [0.2, 0.25) is 0 Å². The summed E-state index contributed by atoms with van der Waals surface area (Å²) in [6, 6.07) is 0. The average Bonchev–Trinajstić information content (AvgIpc) is 3.31. The minimum absolute atomic E-state index is 0. The molecule has 0 atom stereocenters. The molecule has 24 heavy (non-hydrogen) atoms. The molecule has 0 aromatic rings. The fourth-order valence-corrected chi connectivity index (χ4v) is 2.59. The molecule has 0 unspecified atom stereocenters. The van der Waals surface area contributed by atoms with Crippen molar-refractivity contribution >= 4 is 5.97 Å². The summed E-state index contributed by atoms with van der Waals surface area (Å²) in [4.78, 5) is 10.5. The molecule has 0 amide bonds. The largest absolute Gasteiger partial charge is 0.475 e. The Hall–Kier alpha value is -0.627. The molecule has 0 radical (unpaired) electrons. The first kappa shape index (κ1) is 23.4. The van der Waals surface area contributed by atoms with Gasteiger partial charge >= 0.3 is 5.97 Å². The Morgan fingerprint density at radius 1 is 0.917 bits per heavy atom. The van der Waals surface area contributed by atoms with Crippen LogP contribution in [0, 0.1) is 0 Å². The number of aliphatic carboxylic acids is 1. The summed E-state index contributed by atoms with van der Waals surface area (Å²) in [5, 5.41) is 8.61. The van der Waals surface area contributed by atoms with Crippen molar-refractivity contribution in [1.29, 1.82) is 0 Å². The molecule has 1 rings (SSSR count). The van der Waals surface area contributed by atoms with Crippen LogP contribution in [0.5, 0.6) is 0 Å². The number of rotatable bonds is 15. The third-order valence-corrected chi connectivity index (χ3v) is 4.06. The van der Waals surface area contributed by atoms with E-state index in [0.29, 0.717) is 5.76 Å². The molecule has 1 aliphatic heterocycles. The zero-order valence-electron chi connectivity index (χ0n) is 15.1. The minimum Gasteiger partial charge on any atom is -0.475 e. The predicted octanol–water partition coefficient (Wildman–Crippen LogP) is 6.12. The standard InChI is InChI=1S/C20H32O3.Zr/c1-2-3-4-5-6-7-8-9-10-11-12-13-14-15-16-17-18-19(23-18)20(21)22;/h14-17H,2-13H2,1H3,(H,21,22);. The summed E-state index contributed by atoms with van der Waals surface area (Å²) < 4.78 is 4.81. The van der Waals surface area contributed by atoms with Gasteiger partial charge in [0, 0.05) is 26.2 Å². The van der Waals surface area contributed by atoms with Gasteiger partial charge in [-0.1, -0.05) is 89.4 Å². The quantitative estimate of drug-likeness (QED) is 0.261. The van der Waals surface area contributed by atoms with E-state index in [1.807, 2.05) is 12.2 Å². The molecule has 0 aromatic heterocycles. The number of carbonyl (C=O) groups is 1. The molecule has 0 spiro atoms. The Kier molecular flexibility index (Phi) is 15.5. The third-order valence-electron chi connectivity index (χ3n) is 4.06. The second-order valence-corrected chi connectivity index (χ2v) is 6.21. The molecule has 0 saturated heterocycles. The van der Waals surface area contributed by atoms with Gasteiger partial charge in [0.25, 0.3) is 5.76 Å². The molecule has 0 bridgehead atoms. The second kappa shape index (κ2) is 15.9. The van der Waals surface area contributed by atoms with Gasteiger partial charge in [0.15, 0.2) is 5.76 Å². The minimum atomic E-state index is -0.991. The summed E-state index contributed by atoms with van der Waals surface area (Å²) >= 11 is 0. The molecule has 134 valence electrons. The Labute approximate surface area is 166 Å². The Morgan fingerprint density at radius 2 is 1.46 bits per heavy atom. The van der Waals surface area contributed by atoms with Crippen molar-refractivity contribution in [2.45, 2.75) is 84.0 Å². The Balaban J connectivity index is 0.00000529. The van der Waals surface area contributed by atoms with Crippen LogP contribution in [0.4, 0.5) is 0 Å². The van der Waals surface area contributed by atoms with Crippen molar-refractivity contribution in [2.75, 3.05) is 0 Å². The third kappa shape index (κ3) is 12.8. The van der Waals surface area contributed by atoms with Crippen LogP contribution in [-0.2, 0) is 35.7 Å². The zero-order valence-corrected chi connectivity index (χ0v) is 17.5. The molecule has 3 nitrogen and oxygen atoms in total. The maximum atomic E-state index is 10.5. The van der Waals surface area contributed by atoms with Crippen LogP contribution in [0.3, 0.4) is 0 Å². The SMILES string of the molecule is CCCCCCCCCCCCCC=CC=CC1=C(C(=O)O)O1.[Zr]. The molecule has 1 heterocycles. The molecule has 0 saturated carbocycles. The Morgan fingerprint density at radius 3 is 1.96 bits per heavy atom. The maximum absolute atomic E-state index is 10.5. The van der Waals surface area contributed by atoms with E-state index in [2.05, 4.69) is 13.0 Å². The first-order chi connectivity index (χ1) is 11.3. The van der Waals surface area contributed by atoms with E-state index in [1.165, 1.54) is 70.6 Å². The van der Waals surface area contributed by atoms with Crippen molar-refractivity contribution < 1.29 is 40.8 Å². The van der Waals surface area contributed by atoms with Crippen molar-refractivity contribution in [3.05, 3.63) is 35.8 Å². The van der Waals surface area contributed by atoms with Gasteiger partial charge in [-0.3, -0.25) is 0 Å². The fraction of sp³-hybridized carbons (Fsp3) is 0.650. The number of carboxylic acids is 1. The van der Waals surface area contributed by atoms with Gasteiger partial charge in [0.2, 0.25) is 0 Å². The molecule has 4 heteroatoms. The Bertz CT molecular complexity index is 425. The average molecular weight is 412 g/mol. The van der Waals surface area contributed by atoms with Crippen LogP contribution in [0.1, 0.15) is 84.0 Å². The molecule has 0 fully saturated rings. The van der Waals surface area contributed by atoms with Gasteiger partial charge in [-0.2, -0.15) is 0 Å². The summed E-state index contributed by atoms with van der Waals surface area (Å²) in [5.41, 5.74) is 0. The van der Waals surface area contributed by atoms with Gasteiger partial charge in [-0.05, 0) is 18.9 Å². The van der Waals surface area contributed by atoms with E-state index in [9.17, 15) is 4.79 Å². The van der Waals surface area contributed by atoms with Crippen LogP contribution in [0.15, 0.2) is 35.8 Å².